The number of ether oxygens (including phenoxy) is 1. The number of likely N-dealkylation sites (tertiary alicyclic amines) is 1. The van der Waals surface area contributed by atoms with Crippen molar-refractivity contribution in [2.45, 2.75) is 45.1 Å². The molecule has 4 aromatic rings. The van der Waals surface area contributed by atoms with Crippen LogP contribution in [0.1, 0.15) is 51.2 Å². The molecule has 11 nitrogen and oxygen atoms in total. The predicted octanol–water partition coefficient (Wildman–Crippen LogP) is 2.49. The molecular formula is C27H34N8O3. The highest BCUT2D eigenvalue weighted by molar-refractivity contribution is 5.86. The molecule has 1 amide bonds. The summed E-state index contributed by atoms with van der Waals surface area (Å²) in [7, 11) is 1.88. The number of carbonyl (C=O) groups is 1. The van der Waals surface area contributed by atoms with Gasteiger partial charge >= 0.3 is 0 Å². The average molecular weight is 519 g/mol. The molecule has 11 heteroatoms. The van der Waals surface area contributed by atoms with Crippen molar-refractivity contribution in [1.82, 2.24) is 34.0 Å². The van der Waals surface area contributed by atoms with Gasteiger partial charge in [-0.05, 0) is 25.0 Å². The molecule has 2 aliphatic heterocycles. The highest BCUT2D eigenvalue weighted by atomic mass is 16.5. The van der Waals surface area contributed by atoms with E-state index in [0.29, 0.717) is 74.4 Å². The number of β-amino-alcohol motifs (C(OH)–C–C–N with tert-alkyl or cyclic N) is 1. The van der Waals surface area contributed by atoms with Crippen molar-refractivity contribution in [1.29, 1.82) is 0 Å². The van der Waals surface area contributed by atoms with E-state index in [0.717, 1.165) is 16.9 Å². The van der Waals surface area contributed by atoms with Gasteiger partial charge in [-0.1, -0.05) is 26.0 Å². The number of morpholine rings is 1. The maximum Gasteiger partial charge on any atom is 0.239 e. The molecule has 200 valence electrons. The van der Waals surface area contributed by atoms with Crippen molar-refractivity contribution in [3.63, 3.8) is 0 Å². The minimum absolute atomic E-state index is 0.0498. The summed E-state index contributed by atoms with van der Waals surface area (Å²) >= 11 is 0. The Morgan fingerprint density at radius 2 is 1.84 bits per heavy atom. The van der Waals surface area contributed by atoms with Crippen LogP contribution in [0, 0.1) is 0 Å². The SMILES string of the molecule is CC(=O)N1CCCC(O)(c2nc3c(N4CCOCC4)nc(-n4c(C(C)C)nc5ccccc54)nc3n2C)C1. The first-order valence-electron chi connectivity index (χ1n) is 13.3. The quantitative estimate of drug-likeness (QED) is 0.438. The topological polar surface area (TPSA) is 114 Å². The first-order chi connectivity index (χ1) is 18.3. The van der Waals surface area contributed by atoms with Crippen LogP contribution in [0.4, 0.5) is 5.82 Å². The van der Waals surface area contributed by atoms with E-state index in [1.807, 2.05) is 40.4 Å². The molecule has 3 aromatic heterocycles. The summed E-state index contributed by atoms with van der Waals surface area (Å²) in [5, 5.41) is 11.8. The number of hydrogen-bond acceptors (Lipinski definition) is 8. The number of anilines is 1. The number of para-hydroxylation sites is 2. The molecular weight excluding hydrogens is 484 g/mol. The van der Waals surface area contributed by atoms with Crippen LogP contribution >= 0.6 is 0 Å². The van der Waals surface area contributed by atoms with Gasteiger partial charge in [0.25, 0.3) is 0 Å². The van der Waals surface area contributed by atoms with E-state index in [1.54, 1.807) is 4.90 Å². The van der Waals surface area contributed by atoms with E-state index < -0.39 is 5.60 Å². The number of carbonyl (C=O) groups excluding carboxylic acids is 1. The van der Waals surface area contributed by atoms with Crippen LogP contribution in [0.5, 0.6) is 0 Å². The lowest BCUT2D eigenvalue weighted by Gasteiger charge is -2.38. The molecule has 38 heavy (non-hydrogen) atoms. The fraction of sp³-hybridized carbons (Fsp3) is 0.519. The van der Waals surface area contributed by atoms with Crippen LogP contribution in [0.3, 0.4) is 0 Å². The van der Waals surface area contributed by atoms with Gasteiger partial charge in [0.15, 0.2) is 17.0 Å². The van der Waals surface area contributed by atoms with Crippen molar-refractivity contribution in [2.75, 3.05) is 44.3 Å². The summed E-state index contributed by atoms with van der Waals surface area (Å²) in [4.78, 5) is 36.0. The third-order valence-electron chi connectivity index (χ3n) is 7.63. The van der Waals surface area contributed by atoms with Crippen LogP contribution in [-0.2, 0) is 22.2 Å². The maximum absolute atomic E-state index is 12.1. The first-order valence-corrected chi connectivity index (χ1v) is 13.3. The van der Waals surface area contributed by atoms with E-state index in [2.05, 4.69) is 18.7 Å². The number of aliphatic hydroxyl groups is 1. The number of rotatable bonds is 4. The second kappa shape index (κ2) is 9.32. The molecule has 0 spiro atoms. The van der Waals surface area contributed by atoms with Crippen molar-refractivity contribution in [3.8, 4) is 5.95 Å². The van der Waals surface area contributed by atoms with E-state index in [1.165, 1.54) is 6.92 Å². The summed E-state index contributed by atoms with van der Waals surface area (Å²) in [5.74, 6) is 2.71. The number of fused-ring (bicyclic) bond motifs is 2. The van der Waals surface area contributed by atoms with E-state index in [4.69, 9.17) is 24.7 Å². The lowest BCUT2D eigenvalue weighted by atomic mass is 9.92. The summed E-state index contributed by atoms with van der Waals surface area (Å²) in [6.45, 7) is 9.17. The zero-order valence-electron chi connectivity index (χ0n) is 22.4. The Labute approximate surface area is 221 Å². The Kier molecular flexibility index (Phi) is 6.07. The number of hydrogen-bond donors (Lipinski definition) is 1. The second-order valence-corrected chi connectivity index (χ2v) is 10.6. The summed E-state index contributed by atoms with van der Waals surface area (Å²) in [5.41, 5.74) is 1.82. The van der Waals surface area contributed by atoms with Crippen LogP contribution in [-0.4, -0.2) is 84.4 Å². The molecule has 2 aliphatic rings. The number of benzene rings is 1. The van der Waals surface area contributed by atoms with E-state index in [-0.39, 0.29) is 18.4 Å². The monoisotopic (exact) mass is 518 g/mol. The van der Waals surface area contributed by atoms with Crippen LogP contribution in [0.15, 0.2) is 24.3 Å². The van der Waals surface area contributed by atoms with Crippen LogP contribution < -0.4 is 4.90 Å². The molecule has 0 radical (unpaired) electrons. The Hall–Kier alpha value is -3.57. The molecule has 5 heterocycles. The third kappa shape index (κ3) is 4.01. The summed E-state index contributed by atoms with van der Waals surface area (Å²) in [6, 6.07) is 8.01. The lowest BCUT2D eigenvalue weighted by molar-refractivity contribution is -0.137. The minimum atomic E-state index is -1.27. The molecule has 1 aromatic carbocycles. The number of aromatic nitrogens is 6. The second-order valence-electron chi connectivity index (χ2n) is 10.6. The molecule has 2 saturated heterocycles. The standard InChI is InChI=1S/C27H34N8O3/c1-17(2)22-28-19-8-5-6-9-20(19)35(22)26-30-23-21(24(31-26)33-12-14-38-15-13-33)29-25(32(23)4)27(37)10-7-11-34(16-27)18(3)36/h5-6,8-9,17,37H,7,10-16H2,1-4H3. The van der Waals surface area contributed by atoms with E-state index in [9.17, 15) is 9.90 Å². The Morgan fingerprint density at radius 3 is 2.58 bits per heavy atom. The van der Waals surface area contributed by atoms with Crippen molar-refractivity contribution in [2.24, 2.45) is 7.05 Å². The van der Waals surface area contributed by atoms with Gasteiger partial charge in [0, 0.05) is 39.5 Å². The van der Waals surface area contributed by atoms with Gasteiger partial charge in [-0.3, -0.25) is 9.36 Å². The van der Waals surface area contributed by atoms with Crippen molar-refractivity contribution in [3.05, 3.63) is 35.9 Å². The Morgan fingerprint density at radius 1 is 1.08 bits per heavy atom. The van der Waals surface area contributed by atoms with Crippen LogP contribution in [0.2, 0.25) is 0 Å². The van der Waals surface area contributed by atoms with Crippen LogP contribution in [0.25, 0.3) is 28.1 Å². The maximum atomic E-state index is 12.1. The Balaban J connectivity index is 1.58. The number of aryl methyl sites for hydroxylation is 1. The predicted molar refractivity (Wildman–Crippen MR) is 143 cm³/mol. The van der Waals surface area contributed by atoms with Crippen molar-refractivity contribution < 1.29 is 14.6 Å². The minimum Gasteiger partial charge on any atom is -0.380 e. The fourth-order valence-corrected chi connectivity index (χ4v) is 5.68. The zero-order chi connectivity index (χ0) is 26.6. The normalized spacial score (nSPS) is 20.7. The first kappa shape index (κ1) is 24.7. The third-order valence-corrected chi connectivity index (χ3v) is 7.63. The lowest BCUT2D eigenvalue weighted by Crippen LogP contribution is -2.49. The molecule has 1 N–H and O–H groups in total. The fourth-order valence-electron chi connectivity index (χ4n) is 5.68. The van der Waals surface area contributed by atoms with Gasteiger partial charge in [-0.2, -0.15) is 9.97 Å². The summed E-state index contributed by atoms with van der Waals surface area (Å²) in [6.07, 6.45) is 1.22. The average Bonchev–Trinajstić information content (AvgIpc) is 3.47. The van der Waals surface area contributed by atoms with Gasteiger partial charge in [-0.25, -0.2) is 9.97 Å². The highest BCUT2D eigenvalue weighted by Crippen LogP contribution is 2.35. The van der Waals surface area contributed by atoms with Gasteiger partial charge in [0.2, 0.25) is 11.9 Å². The van der Waals surface area contributed by atoms with Gasteiger partial charge in [0.1, 0.15) is 17.2 Å². The largest absolute Gasteiger partial charge is 0.380 e. The molecule has 1 atom stereocenters. The van der Waals surface area contributed by atoms with Gasteiger partial charge < -0.3 is 24.2 Å². The van der Waals surface area contributed by atoms with E-state index >= 15 is 0 Å². The molecule has 0 saturated carbocycles. The van der Waals surface area contributed by atoms with Gasteiger partial charge in [-0.15, -0.1) is 0 Å². The summed E-state index contributed by atoms with van der Waals surface area (Å²) < 4.78 is 9.51. The number of nitrogens with zero attached hydrogens (tertiary/aromatic N) is 8. The molecule has 0 aliphatic carbocycles. The van der Waals surface area contributed by atoms with Gasteiger partial charge in [0.05, 0.1) is 30.8 Å². The van der Waals surface area contributed by atoms with Crippen molar-refractivity contribution >= 4 is 33.9 Å². The zero-order valence-corrected chi connectivity index (χ0v) is 22.4. The number of amides is 1. The number of imidazole rings is 2. The molecule has 0 bridgehead atoms. The molecule has 2 fully saturated rings. The smallest absolute Gasteiger partial charge is 0.239 e. The molecule has 1 unspecified atom stereocenters. The number of piperidine rings is 1. The Bertz CT molecular complexity index is 1520. The highest BCUT2D eigenvalue weighted by Gasteiger charge is 2.40. The molecule has 6 rings (SSSR count).